The van der Waals surface area contributed by atoms with E-state index >= 15 is 0 Å². The Morgan fingerprint density at radius 1 is 1.23 bits per heavy atom. The zero-order valence-corrected chi connectivity index (χ0v) is 16.9. The molecule has 2 aromatic carbocycles. The molecule has 1 heterocycles. The first kappa shape index (κ1) is 21.6. The Morgan fingerprint density at radius 2 is 1.97 bits per heavy atom. The number of aromatic hydroxyl groups is 1. The Kier molecular flexibility index (Phi) is 6.59. The van der Waals surface area contributed by atoms with Gasteiger partial charge in [-0.25, -0.2) is 10.4 Å². The number of phenols is 1. The molecule has 2 atom stereocenters. The third-order valence-corrected chi connectivity index (χ3v) is 5.58. The number of methoxy groups -OCH3 is 1. The SMILES string of the molecule is COc1cc(C[C@@]2(C(N)=O)CCCN2N[C@H](Cc2ccccc2)C(=O)O)ccc1O. The Hall–Kier alpha value is -3.10. The van der Waals surface area contributed by atoms with Crippen molar-refractivity contribution >= 4 is 11.9 Å². The summed E-state index contributed by atoms with van der Waals surface area (Å²) in [5.74, 6) is -1.22. The van der Waals surface area contributed by atoms with Crippen molar-refractivity contribution in [2.45, 2.75) is 37.3 Å². The van der Waals surface area contributed by atoms with Crippen LogP contribution in [0.3, 0.4) is 0 Å². The first-order valence-corrected chi connectivity index (χ1v) is 9.82. The standard InChI is InChI=1S/C22H27N3O5/c1-30-19-13-16(8-9-18(19)26)14-22(21(23)29)10-5-11-25(22)24-17(20(27)28)12-15-6-3-2-4-7-15/h2-4,6-9,13,17,24,26H,5,10-12,14H2,1H3,(H2,23,29)(H,27,28)/t17-,22-/m1/s1. The Bertz CT molecular complexity index is 905. The van der Waals surface area contributed by atoms with E-state index in [2.05, 4.69) is 5.43 Å². The van der Waals surface area contributed by atoms with Crippen LogP contribution >= 0.6 is 0 Å². The maximum atomic E-state index is 12.6. The summed E-state index contributed by atoms with van der Waals surface area (Å²) in [6.45, 7) is 0.497. The lowest BCUT2D eigenvalue weighted by Gasteiger charge is -2.38. The molecule has 2 aromatic rings. The number of nitrogens with two attached hydrogens (primary N) is 1. The van der Waals surface area contributed by atoms with Crippen LogP contribution in [0.15, 0.2) is 48.5 Å². The molecule has 30 heavy (non-hydrogen) atoms. The minimum Gasteiger partial charge on any atom is -0.504 e. The van der Waals surface area contributed by atoms with Gasteiger partial charge >= 0.3 is 5.97 Å². The molecular weight excluding hydrogens is 386 g/mol. The molecule has 0 unspecified atom stereocenters. The summed E-state index contributed by atoms with van der Waals surface area (Å²) in [5, 5.41) is 21.3. The van der Waals surface area contributed by atoms with E-state index in [1.165, 1.54) is 13.2 Å². The van der Waals surface area contributed by atoms with Gasteiger partial charge in [0, 0.05) is 13.0 Å². The van der Waals surface area contributed by atoms with E-state index in [-0.39, 0.29) is 18.6 Å². The van der Waals surface area contributed by atoms with E-state index in [9.17, 15) is 19.8 Å². The summed E-state index contributed by atoms with van der Waals surface area (Å²) in [4.78, 5) is 24.5. The normalized spacial score (nSPS) is 20.0. The fraction of sp³-hybridized carbons (Fsp3) is 0.364. The second-order valence-electron chi connectivity index (χ2n) is 7.54. The van der Waals surface area contributed by atoms with Gasteiger partial charge in [0.1, 0.15) is 11.6 Å². The highest BCUT2D eigenvalue weighted by molar-refractivity contribution is 5.85. The van der Waals surface area contributed by atoms with Crippen LogP contribution in [0.2, 0.25) is 0 Å². The van der Waals surface area contributed by atoms with Gasteiger partial charge in [0.25, 0.3) is 0 Å². The van der Waals surface area contributed by atoms with Crippen LogP contribution in [0.25, 0.3) is 0 Å². The van der Waals surface area contributed by atoms with Crippen LogP contribution in [0.1, 0.15) is 24.0 Å². The van der Waals surface area contributed by atoms with Crippen molar-refractivity contribution in [2.75, 3.05) is 13.7 Å². The highest BCUT2D eigenvalue weighted by Gasteiger charge is 2.47. The van der Waals surface area contributed by atoms with Gasteiger partial charge < -0.3 is 20.7 Å². The smallest absolute Gasteiger partial charge is 0.322 e. The highest BCUT2D eigenvalue weighted by Crippen LogP contribution is 2.34. The molecule has 3 rings (SSSR count). The molecule has 0 aliphatic carbocycles. The Balaban J connectivity index is 1.85. The van der Waals surface area contributed by atoms with E-state index < -0.39 is 23.5 Å². The molecule has 0 spiro atoms. The fourth-order valence-electron chi connectivity index (χ4n) is 3.99. The second-order valence-corrected chi connectivity index (χ2v) is 7.54. The van der Waals surface area contributed by atoms with Gasteiger partial charge in [0.15, 0.2) is 11.5 Å². The average Bonchev–Trinajstić information content (AvgIpc) is 3.13. The number of amides is 1. The van der Waals surface area contributed by atoms with E-state index in [0.29, 0.717) is 25.1 Å². The second kappa shape index (κ2) is 9.15. The van der Waals surface area contributed by atoms with Crippen LogP contribution < -0.4 is 15.9 Å². The van der Waals surface area contributed by atoms with Gasteiger partial charge in [-0.2, -0.15) is 0 Å². The first-order valence-electron chi connectivity index (χ1n) is 9.82. The minimum atomic E-state index is -1.08. The molecule has 8 heteroatoms. The number of hydrogen-bond donors (Lipinski definition) is 4. The molecule has 0 aromatic heterocycles. The van der Waals surface area contributed by atoms with Crippen LogP contribution in [0, 0.1) is 0 Å². The zero-order valence-electron chi connectivity index (χ0n) is 16.9. The van der Waals surface area contributed by atoms with Gasteiger partial charge in [-0.05, 0) is 42.5 Å². The molecule has 0 saturated carbocycles. The summed E-state index contributed by atoms with van der Waals surface area (Å²) in [7, 11) is 1.45. The topological polar surface area (TPSA) is 125 Å². The van der Waals surface area contributed by atoms with Crippen molar-refractivity contribution in [1.82, 2.24) is 10.4 Å². The summed E-state index contributed by atoms with van der Waals surface area (Å²) < 4.78 is 5.16. The van der Waals surface area contributed by atoms with Crippen molar-refractivity contribution in [3.05, 3.63) is 59.7 Å². The number of aliphatic carboxylic acids is 1. The molecule has 1 fully saturated rings. The van der Waals surface area contributed by atoms with Crippen LogP contribution in [0.5, 0.6) is 11.5 Å². The number of carbonyl (C=O) groups is 2. The largest absolute Gasteiger partial charge is 0.504 e. The predicted molar refractivity (Wildman–Crippen MR) is 111 cm³/mol. The quantitative estimate of drug-likeness (QED) is 0.490. The molecule has 0 bridgehead atoms. The number of carboxylic acids is 1. The predicted octanol–water partition coefficient (Wildman–Crippen LogP) is 1.46. The molecule has 1 saturated heterocycles. The van der Waals surface area contributed by atoms with Gasteiger partial charge in [-0.1, -0.05) is 36.4 Å². The number of nitrogens with zero attached hydrogens (tertiary/aromatic N) is 1. The molecule has 1 aliphatic rings. The van der Waals surface area contributed by atoms with E-state index in [0.717, 1.165) is 11.1 Å². The van der Waals surface area contributed by atoms with E-state index in [4.69, 9.17) is 10.5 Å². The Morgan fingerprint density at radius 3 is 2.60 bits per heavy atom. The number of nitrogens with one attached hydrogen (secondary N) is 1. The first-order chi connectivity index (χ1) is 14.4. The van der Waals surface area contributed by atoms with Crippen molar-refractivity contribution in [3.8, 4) is 11.5 Å². The number of carboxylic acid groups (broad SMARTS) is 1. The molecule has 5 N–H and O–H groups in total. The number of carbonyl (C=O) groups excluding carboxylic acids is 1. The highest BCUT2D eigenvalue weighted by atomic mass is 16.5. The van der Waals surface area contributed by atoms with Crippen molar-refractivity contribution in [2.24, 2.45) is 5.73 Å². The minimum absolute atomic E-state index is 0.00424. The number of benzene rings is 2. The third-order valence-electron chi connectivity index (χ3n) is 5.58. The average molecular weight is 413 g/mol. The number of primary amides is 1. The number of hydrogen-bond acceptors (Lipinski definition) is 6. The van der Waals surface area contributed by atoms with Crippen LogP contribution in [-0.2, 0) is 22.4 Å². The third kappa shape index (κ3) is 4.55. The number of hydrazine groups is 1. The monoisotopic (exact) mass is 413 g/mol. The van der Waals surface area contributed by atoms with E-state index in [1.54, 1.807) is 17.1 Å². The lowest BCUT2D eigenvalue weighted by molar-refractivity contribution is -0.144. The number of phenolic OH excluding ortho intramolecular Hbond substituents is 1. The van der Waals surface area contributed by atoms with Crippen molar-refractivity contribution in [3.63, 3.8) is 0 Å². The van der Waals surface area contributed by atoms with E-state index in [1.807, 2.05) is 30.3 Å². The Labute approximate surface area is 175 Å². The van der Waals surface area contributed by atoms with Crippen molar-refractivity contribution < 1.29 is 24.5 Å². The summed E-state index contributed by atoms with van der Waals surface area (Å²) in [6, 6.07) is 13.3. The molecule has 0 radical (unpaired) electrons. The molecular formula is C22H27N3O5. The molecule has 1 aliphatic heterocycles. The van der Waals surface area contributed by atoms with Crippen molar-refractivity contribution in [1.29, 1.82) is 0 Å². The zero-order chi connectivity index (χ0) is 21.7. The summed E-state index contributed by atoms with van der Waals surface area (Å²) in [5.41, 5.74) is 9.43. The lowest BCUT2D eigenvalue weighted by atomic mass is 9.88. The molecule has 160 valence electrons. The van der Waals surface area contributed by atoms with Crippen LogP contribution in [-0.4, -0.2) is 52.3 Å². The fourth-order valence-corrected chi connectivity index (χ4v) is 3.99. The van der Waals surface area contributed by atoms with Gasteiger partial charge in [0.2, 0.25) is 5.91 Å². The summed E-state index contributed by atoms with van der Waals surface area (Å²) >= 11 is 0. The van der Waals surface area contributed by atoms with Gasteiger partial charge in [-0.15, -0.1) is 0 Å². The number of ether oxygens (including phenoxy) is 1. The molecule has 8 nitrogen and oxygen atoms in total. The summed E-state index contributed by atoms with van der Waals surface area (Å²) in [6.07, 6.45) is 1.73. The molecule has 1 amide bonds. The number of rotatable bonds is 9. The van der Waals surface area contributed by atoms with Crippen LogP contribution in [0.4, 0.5) is 0 Å². The maximum absolute atomic E-state index is 12.6. The maximum Gasteiger partial charge on any atom is 0.322 e. The van der Waals surface area contributed by atoms with Gasteiger partial charge in [0.05, 0.1) is 7.11 Å². The van der Waals surface area contributed by atoms with Gasteiger partial charge in [-0.3, -0.25) is 9.59 Å². The lowest BCUT2D eigenvalue weighted by Crippen LogP contribution is -2.63.